The Hall–Kier alpha value is -1.50. The molecule has 1 N–H and O–H groups in total. The predicted octanol–water partition coefficient (Wildman–Crippen LogP) is 3.20. The van der Waals surface area contributed by atoms with Crippen LogP contribution in [0.1, 0.15) is 12.0 Å². The van der Waals surface area contributed by atoms with E-state index in [0.717, 1.165) is 12.0 Å². The van der Waals surface area contributed by atoms with E-state index in [4.69, 9.17) is 5.11 Å². The Kier molecular flexibility index (Phi) is 3.83. The van der Waals surface area contributed by atoms with Crippen molar-refractivity contribution < 1.29 is 5.11 Å². The normalized spacial score (nSPS) is 12.4. The maximum absolute atomic E-state index is 8.81. The average molecular weight is 174 g/mol. The second-order valence-electron chi connectivity index (χ2n) is 2.93. The Labute approximate surface area is 79.0 Å². The highest BCUT2D eigenvalue weighted by Gasteiger charge is 1.83. The summed E-state index contributed by atoms with van der Waals surface area (Å²) in [5.41, 5.74) is 1.09. The molecule has 0 amide bonds. The van der Waals surface area contributed by atoms with Crippen molar-refractivity contribution in [2.45, 2.75) is 13.3 Å². The molecule has 0 bridgehead atoms. The standard InChI is InChI=1S/C7H8O.C5H6/c1-6-3-2-4-7(8)5-6;1-2-4-5-3-1/h2-5,8H,1H3;1-4H,5H2. The van der Waals surface area contributed by atoms with E-state index < -0.39 is 0 Å². The first-order valence-corrected chi connectivity index (χ1v) is 4.36. The van der Waals surface area contributed by atoms with E-state index in [1.54, 1.807) is 12.1 Å². The summed E-state index contributed by atoms with van der Waals surface area (Å²) in [4.78, 5) is 0. The molecule has 1 aromatic rings. The Balaban J connectivity index is 0.000000145. The van der Waals surface area contributed by atoms with Gasteiger partial charge in [-0.1, -0.05) is 36.4 Å². The molecule has 2 rings (SSSR count). The van der Waals surface area contributed by atoms with Crippen LogP contribution in [0.15, 0.2) is 48.6 Å². The van der Waals surface area contributed by atoms with Crippen LogP contribution >= 0.6 is 0 Å². The first kappa shape index (κ1) is 9.59. The van der Waals surface area contributed by atoms with Crippen LogP contribution in [0.2, 0.25) is 0 Å². The summed E-state index contributed by atoms with van der Waals surface area (Å²) in [7, 11) is 0. The topological polar surface area (TPSA) is 20.2 Å². The van der Waals surface area contributed by atoms with Crippen molar-refractivity contribution in [3.63, 3.8) is 0 Å². The lowest BCUT2D eigenvalue weighted by Gasteiger charge is -1.89. The minimum atomic E-state index is 0.338. The van der Waals surface area contributed by atoms with Gasteiger partial charge in [0.1, 0.15) is 5.75 Å². The Morgan fingerprint density at radius 3 is 2.15 bits per heavy atom. The molecule has 1 heteroatoms. The Bertz CT molecular complexity index is 283. The Morgan fingerprint density at radius 1 is 1.15 bits per heavy atom. The van der Waals surface area contributed by atoms with E-state index in [2.05, 4.69) is 24.3 Å². The predicted molar refractivity (Wildman–Crippen MR) is 55.7 cm³/mol. The molecular formula is C12H14O. The van der Waals surface area contributed by atoms with E-state index in [-0.39, 0.29) is 0 Å². The van der Waals surface area contributed by atoms with Gasteiger partial charge in [0, 0.05) is 0 Å². The van der Waals surface area contributed by atoms with Crippen molar-refractivity contribution in [1.82, 2.24) is 0 Å². The molecule has 0 fully saturated rings. The molecule has 0 spiro atoms. The minimum Gasteiger partial charge on any atom is -0.508 e. The van der Waals surface area contributed by atoms with Crippen LogP contribution in [0.5, 0.6) is 5.75 Å². The van der Waals surface area contributed by atoms with Crippen LogP contribution in [-0.4, -0.2) is 5.11 Å². The van der Waals surface area contributed by atoms with E-state index in [1.807, 2.05) is 19.1 Å². The second kappa shape index (κ2) is 5.20. The van der Waals surface area contributed by atoms with Crippen LogP contribution in [0.3, 0.4) is 0 Å². The highest BCUT2D eigenvalue weighted by molar-refractivity contribution is 5.25. The molecule has 1 aliphatic carbocycles. The maximum atomic E-state index is 8.81. The summed E-state index contributed by atoms with van der Waals surface area (Å²) in [6.07, 6.45) is 9.50. The fourth-order valence-electron chi connectivity index (χ4n) is 1.02. The first-order chi connectivity index (χ1) is 6.29. The zero-order valence-electron chi connectivity index (χ0n) is 7.77. The van der Waals surface area contributed by atoms with Crippen molar-refractivity contribution in [1.29, 1.82) is 0 Å². The van der Waals surface area contributed by atoms with Crippen molar-refractivity contribution >= 4 is 0 Å². The van der Waals surface area contributed by atoms with Crippen molar-refractivity contribution in [2.75, 3.05) is 0 Å². The van der Waals surface area contributed by atoms with E-state index in [0.29, 0.717) is 5.75 Å². The van der Waals surface area contributed by atoms with Crippen LogP contribution in [0, 0.1) is 6.92 Å². The second-order valence-corrected chi connectivity index (χ2v) is 2.93. The molecule has 0 saturated carbocycles. The molecule has 68 valence electrons. The van der Waals surface area contributed by atoms with Gasteiger partial charge in [0.05, 0.1) is 0 Å². The molecule has 0 heterocycles. The average Bonchev–Trinajstić information content (AvgIpc) is 2.59. The van der Waals surface area contributed by atoms with E-state index in [1.165, 1.54) is 0 Å². The minimum absolute atomic E-state index is 0.338. The molecule has 1 aromatic carbocycles. The van der Waals surface area contributed by atoms with Gasteiger partial charge in [-0.2, -0.15) is 0 Å². The quantitative estimate of drug-likeness (QED) is 0.640. The fraction of sp³-hybridized carbons (Fsp3) is 0.167. The van der Waals surface area contributed by atoms with Gasteiger partial charge in [-0.25, -0.2) is 0 Å². The summed E-state index contributed by atoms with van der Waals surface area (Å²) in [5, 5.41) is 8.81. The van der Waals surface area contributed by atoms with Gasteiger partial charge in [0.15, 0.2) is 0 Å². The van der Waals surface area contributed by atoms with Crippen molar-refractivity contribution in [2.24, 2.45) is 0 Å². The highest BCUT2D eigenvalue weighted by Crippen LogP contribution is 2.08. The third-order valence-corrected chi connectivity index (χ3v) is 1.66. The third-order valence-electron chi connectivity index (χ3n) is 1.66. The van der Waals surface area contributed by atoms with Gasteiger partial charge in [-0.05, 0) is 31.0 Å². The smallest absolute Gasteiger partial charge is 0.115 e. The zero-order valence-corrected chi connectivity index (χ0v) is 7.77. The van der Waals surface area contributed by atoms with E-state index >= 15 is 0 Å². The molecule has 0 atom stereocenters. The maximum Gasteiger partial charge on any atom is 0.115 e. The molecule has 1 nitrogen and oxygen atoms in total. The lowest BCUT2D eigenvalue weighted by molar-refractivity contribution is 0.475. The number of phenols is 1. The highest BCUT2D eigenvalue weighted by atomic mass is 16.3. The van der Waals surface area contributed by atoms with Crippen molar-refractivity contribution in [3.8, 4) is 5.75 Å². The fourth-order valence-corrected chi connectivity index (χ4v) is 1.02. The lowest BCUT2D eigenvalue weighted by Crippen LogP contribution is -1.66. The van der Waals surface area contributed by atoms with Gasteiger partial charge >= 0.3 is 0 Å². The van der Waals surface area contributed by atoms with Crippen molar-refractivity contribution in [3.05, 3.63) is 54.1 Å². The molecular weight excluding hydrogens is 160 g/mol. The molecule has 0 aliphatic heterocycles. The number of hydrogen-bond donors (Lipinski definition) is 1. The third kappa shape index (κ3) is 4.16. The number of benzene rings is 1. The number of rotatable bonds is 0. The molecule has 1 aliphatic rings. The summed E-state index contributed by atoms with van der Waals surface area (Å²) in [6, 6.07) is 7.15. The van der Waals surface area contributed by atoms with Crippen LogP contribution < -0.4 is 0 Å². The molecule has 0 radical (unpaired) electrons. The van der Waals surface area contributed by atoms with Crippen LogP contribution in [0.4, 0.5) is 0 Å². The van der Waals surface area contributed by atoms with Gasteiger partial charge in [0.25, 0.3) is 0 Å². The first-order valence-electron chi connectivity index (χ1n) is 4.36. The number of aryl methyl sites for hydroxylation is 1. The lowest BCUT2D eigenvalue weighted by atomic mass is 10.2. The van der Waals surface area contributed by atoms with Gasteiger partial charge in [-0.15, -0.1) is 0 Å². The number of aromatic hydroxyl groups is 1. The molecule has 13 heavy (non-hydrogen) atoms. The van der Waals surface area contributed by atoms with Gasteiger partial charge in [0.2, 0.25) is 0 Å². The summed E-state index contributed by atoms with van der Waals surface area (Å²) in [5.74, 6) is 0.338. The number of allylic oxidation sites excluding steroid dienone is 4. The Morgan fingerprint density at radius 2 is 1.85 bits per heavy atom. The van der Waals surface area contributed by atoms with E-state index in [9.17, 15) is 0 Å². The summed E-state index contributed by atoms with van der Waals surface area (Å²) < 4.78 is 0. The van der Waals surface area contributed by atoms with Gasteiger partial charge in [-0.3, -0.25) is 0 Å². The molecule has 0 aromatic heterocycles. The zero-order chi connectivity index (χ0) is 9.52. The number of phenolic OH excluding ortho intramolecular Hbond substituents is 1. The van der Waals surface area contributed by atoms with Gasteiger partial charge < -0.3 is 5.11 Å². The summed E-state index contributed by atoms with van der Waals surface area (Å²) >= 11 is 0. The SMILES string of the molecule is C1=CCC=C1.Cc1cccc(O)c1. The summed E-state index contributed by atoms with van der Waals surface area (Å²) in [6.45, 7) is 1.94. The largest absolute Gasteiger partial charge is 0.508 e. The molecule has 0 saturated heterocycles. The number of hydrogen-bond acceptors (Lipinski definition) is 1. The van der Waals surface area contributed by atoms with Crippen LogP contribution in [-0.2, 0) is 0 Å². The monoisotopic (exact) mass is 174 g/mol. The van der Waals surface area contributed by atoms with Crippen LogP contribution in [0.25, 0.3) is 0 Å². The molecule has 0 unspecified atom stereocenters.